The number of benzene rings is 2. The molecule has 146 valence electrons. The normalized spacial score (nSPS) is 11.0. The molecule has 1 N–H and O–H groups in total. The lowest BCUT2D eigenvalue weighted by Crippen LogP contribution is -2.08. The number of aromatic nitrogens is 2. The van der Waals surface area contributed by atoms with E-state index >= 15 is 0 Å². The molecule has 1 aromatic heterocycles. The lowest BCUT2D eigenvalue weighted by Gasteiger charge is -2.16. The van der Waals surface area contributed by atoms with Crippen molar-refractivity contribution in [1.29, 1.82) is 0 Å². The fourth-order valence-corrected chi connectivity index (χ4v) is 2.86. The molecule has 28 heavy (non-hydrogen) atoms. The molecule has 0 saturated heterocycles. The lowest BCUT2D eigenvalue weighted by molar-refractivity contribution is 0.110. The van der Waals surface area contributed by atoms with Crippen molar-refractivity contribution in [3.8, 4) is 11.4 Å². The first-order valence-corrected chi connectivity index (χ1v) is 9.87. The average Bonchev–Trinajstić information content (AvgIpc) is 2.69. The van der Waals surface area contributed by atoms with Crippen LogP contribution in [0, 0.1) is 19.8 Å². The van der Waals surface area contributed by atoms with Crippen LogP contribution in [0.1, 0.15) is 37.1 Å². The van der Waals surface area contributed by atoms with Gasteiger partial charge in [0.25, 0.3) is 0 Å². The molecule has 0 aliphatic rings. The van der Waals surface area contributed by atoms with Gasteiger partial charge in [-0.05, 0) is 38.3 Å². The number of nitrogens with zero attached hydrogens (tertiary/aromatic N) is 2. The lowest BCUT2D eigenvalue weighted by atomic mass is 10.1. The third-order valence-electron chi connectivity index (χ3n) is 4.65. The Labute approximate surface area is 168 Å². The van der Waals surface area contributed by atoms with Crippen molar-refractivity contribution in [2.75, 3.05) is 11.9 Å². The fourth-order valence-electron chi connectivity index (χ4n) is 2.86. The van der Waals surface area contributed by atoms with Crippen LogP contribution in [0.15, 0.2) is 54.6 Å². The summed E-state index contributed by atoms with van der Waals surface area (Å²) in [7, 11) is 0. The van der Waals surface area contributed by atoms with Crippen molar-refractivity contribution in [2.24, 2.45) is 5.92 Å². The molecule has 0 fully saturated rings. The topological polar surface area (TPSA) is 47.0 Å². The van der Waals surface area contributed by atoms with E-state index in [4.69, 9.17) is 14.7 Å². The molecule has 0 spiro atoms. The number of ether oxygens (including phenoxy) is 1. The molecule has 3 rings (SSSR count). The van der Waals surface area contributed by atoms with Crippen LogP contribution in [0.2, 0.25) is 0 Å². The second-order valence-electron chi connectivity index (χ2n) is 7.55. The average molecular weight is 376 g/mol. The highest BCUT2D eigenvalue weighted by Gasteiger charge is 2.14. The van der Waals surface area contributed by atoms with E-state index in [1.807, 2.05) is 37.3 Å². The van der Waals surface area contributed by atoms with Gasteiger partial charge in [-0.1, -0.05) is 61.9 Å². The molecule has 4 heteroatoms. The molecule has 4 nitrogen and oxygen atoms in total. The Bertz CT molecular complexity index is 890. The van der Waals surface area contributed by atoms with Crippen molar-refractivity contribution in [3.05, 3.63) is 71.4 Å². The minimum absolute atomic E-state index is 0.502. The summed E-state index contributed by atoms with van der Waals surface area (Å²) in [5.74, 6) is 2.15. The Morgan fingerprint density at radius 3 is 2.32 bits per heavy atom. The minimum Gasteiger partial charge on any atom is -0.377 e. The van der Waals surface area contributed by atoms with Crippen LogP contribution >= 0.6 is 0 Å². The number of rotatable bonds is 8. The maximum Gasteiger partial charge on any atom is 0.161 e. The van der Waals surface area contributed by atoms with Crippen molar-refractivity contribution < 1.29 is 4.74 Å². The molecule has 2 aromatic carbocycles. The molecule has 0 unspecified atom stereocenters. The zero-order chi connectivity index (χ0) is 19.9. The fraction of sp³-hybridized carbons (Fsp3) is 0.333. The van der Waals surface area contributed by atoms with Crippen LogP contribution in [0.3, 0.4) is 0 Å². The minimum atomic E-state index is 0.502. The monoisotopic (exact) mass is 375 g/mol. The van der Waals surface area contributed by atoms with E-state index in [0.29, 0.717) is 12.5 Å². The molecular formula is C24H29N3O. The molecule has 3 aromatic rings. The largest absolute Gasteiger partial charge is 0.377 e. The number of aryl methyl sites for hydroxylation is 2. The first-order valence-electron chi connectivity index (χ1n) is 9.87. The van der Waals surface area contributed by atoms with Gasteiger partial charge in [0.1, 0.15) is 5.82 Å². The van der Waals surface area contributed by atoms with Gasteiger partial charge < -0.3 is 10.1 Å². The third kappa shape index (κ3) is 5.40. The van der Waals surface area contributed by atoms with E-state index in [2.05, 4.69) is 50.4 Å². The van der Waals surface area contributed by atoms with Crippen molar-refractivity contribution in [2.45, 2.75) is 40.7 Å². The first kappa shape index (κ1) is 20.0. The maximum atomic E-state index is 5.93. The van der Waals surface area contributed by atoms with Crippen LogP contribution in [0.4, 0.5) is 11.5 Å². The predicted octanol–water partition coefficient (Wildman–Crippen LogP) is 6.07. The third-order valence-corrected chi connectivity index (χ3v) is 4.65. The summed E-state index contributed by atoms with van der Waals surface area (Å²) in [5, 5.41) is 3.47. The van der Waals surface area contributed by atoms with E-state index in [1.165, 1.54) is 5.56 Å². The molecule has 0 bridgehead atoms. The molecule has 0 saturated carbocycles. The van der Waals surface area contributed by atoms with Gasteiger partial charge in [0.05, 0.1) is 6.61 Å². The zero-order valence-corrected chi connectivity index (χ0v) is 17.2. The maximum absolute atomic E-state index is 5.93. The Balaban J connectivity index is 1.91. The van der Waals surface area contributed by atoms with E-state index in [9.17, 15) is 0 Å². The summed E-state index contributed by atoms with van der Waals surface area (Å²) in [6.07, 6.45) is 1.04. The summed E-state index contributed by atoms with van der Waals surface area (Å²) in [5.41, 5.74) is 5.18. The molecule has 0 radical (unpaired) electrons. The van der Waals surface area contributed by atoms with Gasteiger partial charge in [-0.15, -0.1) is 0 Å². The molecule has 0 amide bonds. The number of hydrogen-bond donors (Lipinski definition) is 1. The van der Waals surface area contributed by atoms with Crippen molar-refractivity contribution >= 4 is 11.5 Å². The number of nitrogens with one attached hydrogen (secondary N) is 1. The van der Waals surface area contributed by atoms with Crippen molar-refractivity contribution in [3.63, 3.8) is 0 Å². The number of hydrogen-bond acceptors (Lipinski definition) is 4. The van der Waals surface area contributed by atoms with E-state index in [-0.39, 0.29) is 0 Å². The van der Waals surface area contributed by atoms with Crippen LogP contribution in [-0.2, 0) is 11.3 Å². The smallest absolute Gasteiger partial charge is 0.161 e. The Morgan fingerprint density at radius 2 is 1.64 bits per heavy atom. The molecule has 1 heterocycles. The Kier molecular flexibility index (Phi) is 6.77. The van der Waals surface area contributed by atoms with Crippen LogP contribution in [-0.4, -0.2) is 16.6 Å². The van der Waals surface area contributed by atoms with Gasteiger partial charge in [-0.25, -0.2) is 9.97 Å². The SMILES string of the molecule is Cc1ccc(Nc2nc(-c3ccccc3)nc(C)c2COCCC(C)C)cc1. The first-order chi connectivity index (χ1) is 13.5. The second-order valence-corrected chi connectivity index (χ2v) is 7.55. The highest BCUT2D eigenvalue weighted by atomic mass is 16.5. The number of anilines is 2. The van der Waals surface area contributed by atoms with Gasteiger partial charge in [-0.3, -0.25) is 0 Å². The predicted molar refractivity (Wildman–Crippen MR) is 116 cm³/mol. The second kappa shape index (κ2) is 9.47. The molecular weight excluding hydrogens is 346 g/mol. The highest BCUT2D eigenvalue weighted by molar-refractivity contribution is 5.64. The Hall–Kier alpha value is -2.72. The molecule has 0 aliphatic carbocycles. The van der Waals surface area contributed by atoms with Crippen LogP contribution < -0.4 is 5.32 Å². The van der Waals surface area contributed by atoms with Gasteiger partial charge in [0.2, 0.25) is 0 Å². The van der Waals surface area contributed by atoms with Gasteiger partial charge in [-0.2, -0.15) is 0 Å². The van der Waals surface area contributed by atoms with Crippen LogP contribution in [0.5, 0.6) is 0 Å². The summed E-state index contributed by atoms with van der Waals surface area (Å²) in [4.78, 5) is 9.58. The summed E-state index contributed by atoms with van der Waals surface area (Å²) < 4.78 is 5.93. The Morgan fingerprint density at radius 1 is 0.929 bits per heavy atom. The van der Waals surface area contributed by atoms with Gasteiger partial charge in [0.15, 0.2) is 5.82 Å². The summed E-state index contributed by atoms with van der Waals surface area (Å²) in [6.45, 7) is 9.76. The van der Waals surface area contributed by atoms with Crippen molar-refractivity contribution in [1.82, 2.24) is 9.97 Å². The summed E-state index contributed by atoms with van der Waals surface area (Å²) in [6, 6.07) is 18.4. The van der Waals surface area contributed by atoms with Gasteiger partial charge in [0, 0.05) is 29.1 Å². The zero-order valence-electron chi connectivity index (χ0n) is 17.2. The highest BCUT2D eigenvalue weighted by Crippen LogP contribution is 2.26. The van der Waals surface area contributed by atoms with E-state index in [0.717, 1.165) is 47.2 Å². The molecule has 0 aliphatic heterocycles. The van der Waals surface area contributed by atoms with E-state index < -0.39 is 0 Å². The standard InChI is InChI=1S/C24H29N3O/c1-17(2)14-15-28-16-22-19(4)25-23(20-8-6-5-7-9-20)27-24(22)26-21-12-10-18(3)11-13-21/h5-13,17H,14-16H2,1-4H3,(H,25,26,27). The van der Waals surface area contributed by atoms with Crippen LogP contribution in [0.25, 0.3) is 11.4 Å². The molecule has 0 atom stereocenters. The van der Waals surface area contributed by atoms with Gasteiger partial charge >= 0.3 is 0 Å². The summed E-state index contributed by atoms with van der Waals surface area (Å²) >= 11 is 0. The quantitative estimate of drug-likeness (QED) is 0.486. The van der Waals surface area contributed by atoms with E-state index in [1.54, 1.807) is 0 Å².